The number of aromatic amines is 1. The van der Waals surface area contributed by atoms with Crippen LogP contribution < -0.4 is 20.5 Å². The van der Waals surface area contributed by atoms with Crippen molar-refractivity contribution in [3.63, 3.8) is 0 Å². The van der Waals surface area contributed by atoms with Crippen LogP contribution in [-0.2, 0) is 0 Å². The fraction of sp³-hybridized carbons (Fsp3) is 0. The van der Waals surface area contributed by atoms with E-state index in [-0.39, 0.29) is 0 Å². The molecule has 3 aromatic carbocycles. The number of benzene rings is 3. The van der Waals surface area contributed by atoms with Crippen molar-refractivity contribution in [3.8, 4) is 23.0 Å². The molecule has 0 aliphatic rings. The second kappa shape index (κ2) is 8.08. The lowest BCUT2D eigenvalue weighted by Crippen LogP contribution is -1.97. The van der Waals surface area contributed by atoms with Crippen LogP contribution in [0.5, 0.6) is 23.0 Å². The van der Waals surface area contributed by atoms with E-state index in [4.69, 9.17) is 15.2 Å². The number of rotatable bonds is 6. The Morgan fingerprint density at radius 2 is 1.42 bits per heavy atom. The van der Waals surface area contributed by atoms with E-state index >= 15 is 0 Å². The third-order valence-electron chi connectivity index (χ3n) is 4.67. The Hall–Kier alpha value is -4.52. The summed E-state index contributed by atoms with van der Waals surface area (Å²) < 4.78 is 12.0. The average Bonchev–Trinajstić information content (AvgIpc) is 3.21. The van der Waals surface area contributed by atoms with Gasteiger partial charge in [0, 0.05) is 12.3 Å². The van der Waals surface area contributed by atoms with E-state index in [1.807, 2.05) is 78.9 Å². The Bertz CT molecular complexity index is 1320. The maximum atomic E-state index is 6.14. The van der Waals surface area contributed by atoms with Gasteiger partial charge < -0.3 is 20.5 Å². The highest BCUT2D eigenvalue weighted by Gasteiger charge is 2.14. The molecule has 4 N–H and O–H groups in total. The molecule has 31 heavy (non-hydrogen) atoms. The first-order valence-corrected chi connectivity index (χ1v) is 9.72. The van der Waals surface area contributed by atoms with Crippen molar-refractivity contribution in [2.45, 2.75) is 0 Å². The molecule has 0 aliphatic carbocycles. The van der Waals surface area contributed by atoms with Crippen molar-refractivity contribution in [2.24, 2.45) is 0 Å². The van der Waals surface area contributed by atoms with E-state index in [0.717, 1.165) is 22.6 Å². The first-order valence-electron chi connectivity index (χ1n) is 9.72. The van der Waals surface area contributed by atoms with E-state index in [0.29, 0.717) is 28.7 Å². The first kappa shape index (κ1) is 18.5. The van der Waals surface area contributed by atoms with Gasteiger partial charge in [-0.3, -0.25) is 5.10 Å². The Kier molecular flexibility index (Phi) is 4.82. The van der Waals surface area contributed by atoms with Gasteiger partial charge in [-0.2, -0.15) is 5.10 Å². The van der Waals surface area contributed by atoms with Gasteiger partial charge in [0.1, 0.15) is 28.4 Å². The van der Waals surface area contributed by atoms with Gasteiger partial charge >= 0.3 is 0 Å². The maximum Gasteiger partial charge on any atom is 0.165 e. The molecular formula is C24H19N5O2. The Labute approximate surface area is 178 Å². The number of para-hydroxylation sites is 3. The molecule has 2 aromatic heterocycles. The summed E-state index contributed by atoms with van der Waals surface area (Å²) in [5, 5.41) is 11.2. The summed E-state index contributed by atoms with van der Waals surface area (Å²) in [6.45, 7) is 0. The zero-order valence-electron chi connectivity index (χ0n) is 16.4. The van der Waals surface area contributed by atoms with Crippen LogP contribution in [0.4, 0.5) is 17.2 Å². The molecule has 0 fully saturated rings. The van der Waals surface area contributed by atoms with Crippen molar-refractivity contribution in [3.05, 3.63) is 91.1 Å². The number of pyridine rings is 1. The molecule has 7 heteroatoms. The SMILES string of the molecule is Nc1ccccc1Nc1n[nH]c2nccc(Oc3ccc(Oc4ccccc4)cc3)c12. The van der Waals surface area contributed by atoms with Crippen molar-refractivity contribution in [1.29, 1.82) is 0 Å². The summed E-state index contributed by atoms with van der Waals surface area (Å²) in [6.07, 6.45) is 1.67. The smallest absolute Gasteiger partial charge is 0.165 e. The number of hydrogen-bond donors (Lipinski definition) is 3. The zero-order chi connectivity index (χ0) is 21.0. The zero-order valence-corrected chi connectivity index (χ0v) is 16.4. The summed E-state index contributed by atoms with van der Waals surface area (Å²) in [5.74, 6) is 3.37. The standard InChI is InChI=1S/C24H19N5O2/c25-19-8-4-5-9-20(19)27-24-22-21(14-15-26-23(22)28-29-24)31-18-12-10-17(11-13-18)30-16-6-2-1-3-7-16/h1-15H,25H2,(H2,26,27,28,29). The number of nitrogens with zero attached hydrogens (tertiary/aromatic N) is 2. The minimum atomic E-state index is 0.583. The number of H-pyrrole nitrogens is 1. The molecule has 0 bridgehead atoms. The third kappa shape index (κ3) is 3.97. The van der Waals surface area contributed by atoms with E-state index in [1.54, 1.807) is 12.3 Å². The third-order valence-corrected chi connectivity index (χ3v) is 4.67. The minimum Gasteiger partial charge on any atom is -0.457 e. The highest BCUT2D eigenvalue weighted by atomic mass is 16.5. The number of fused-ring (bicyclic) bond motifs is 1. The van der Waals surface area contributed by atoms with Crippen LogP contribution in [0.1, 0.15) is 0 Å². The molecule has 0 atom stereocenters. The molecule has 0 saturated carbocycles. The quantitative estimate of drug-likeness (QED) is 0.304. The van der Waals surface area contributed by atoms with E-state index in [1.165, 1.54) is 0 Å². The van der Waals surface area contributed by atoms with Crippen LogP contribution in [0.3, 0.4) is 0 Å². The van der Waals surface area contributed by atoms with E-state index < -0.39 is 0 Å². The molecule has 152 valence electrons. The van der Waals surface area contributed by atoms with Gasteiger partial charge in [-0.25, -0.2) is 4.98 Å². The van der Waals surface area contributed by atoms with Gasteiger partial charge in [-0.15, -0.1) is 0 Å². The second-order valence-corrected chi connectivity index (χ2v) is 6.81. The van der Waals surface area contributed by atoms with Crippen molar-refractivity contribution in [1.82, 2.24) is 15.2 Å². The van der Waals surface area contributed by atoms with E-state index in [2.05, 4.69) is 20.5 Å². The van der Waals surface area contributed by atoms with Crippen LogP contribution in [0.25, 0.3) is 11.0 Å². The molecule has 0 spiro atoms. The lowest BCUT2D eigenvalue weighted by Gasteiger charge is -2.10. The van der Waals surface area contributed by atoms with Crippen LogP contribution in [0, 0.1) is 0 Å². The molecule has 0 amide bonds. The fourth-order valence-electron chi connectivity index (χ4n) is 3.16. The van der Waals surface area contributed by atoms with Gasteiger partial charge in [0.15, 0.2) is 11.5 Å². The molecule has 0 unspecified atom stereocenters. The lowest BCUT2D eigenvalue weighted by atomic mass is 10.2. The van der Waals surface area contributed by atoms with Crippen molar-refractivity contribution in [2.75, 3.05) is 11.1 Å². The number of ether oxygens (including phenoxy) is 2. The molecule has 2 heterocycles. The normalized spacial score (nSPS) is 10.7. The van der Waals surface area contributed by atoms with Gasteiger partial charge in [0.2, 0.25) is 0 Å². The number of anilines is 3. The number of nitrogens with two attached hydrogens (primary N) is 1. The number of nitrogens with one attached hydrogen (secondary N) is 2. The summed E-state index contributed by atoms with van der Waals surface area (Å²) in [5.41, 5.74) is 8.04. The topological polar surface area (TPSA) is 98.1 Å². The fourth-order valence-corrected chi connectivity index (χ4v) is 3.16. The van der Waals surface area contributed by atoms with Gasteiger partial charge in [0.25, 0.3) is 0 Å². The van der Waals surface area contributed by atoms with Crippen LogP contribution >= 0.6 is 0 Å². The summed E-state index contributed by atoms with van der Waals surface area (Å²) >= 11 is 0. The Morgan fingerprint density at radius 1 is 0.742 bits per heavy atom. The molecular weight excluding hydrogens is 390 g/mol. The second-order valence-electron chi connectivity index (χ2n) is 6.81. The Balaban J connectivity index is 1.40. The maximum absolute atomic E-state index is 6.14. The average molecular weight is 409 g/mol. The molecule has 0 aliphatic heterocycles. The van der Waals surface area contributed by atoms with Crippen LogP contribution in [-0.4, -0.2) is 15.2 Å². The largest absolute Gasteiger partial charge is 0.457 e. The summed E-state index contributed by atoms with van der Waals surface area (Å²) in [4.78, 5) is 4.34. The number of aromatic nitrogens is 3. The van der Waals surface area contributed by atoms with Gasteiger partial charge in [-0.1, -0.05) is 30.3 Å². The predicted octanol–water partition coefficient (Wildman–Crippen LogP) is 5.87. The lowest BCUT2D eigenvalue weighted by molar-refractivity contribution is 0.471. The molecule has 5 rings (SSSR count). The molecule has 7 nitrogen and oxygen atoms in total. The Morgan fingerprint density at radius 3 is 2.19 bits per heavy atom. The van der Waals surface area contributed by atoms with E-state index in [9.17, 15) is 0 Å². The summed E-state index contributed by atoms with van der Waals surface area (Å²) in [7, 11) is 0. The summed E-state index contributed by atoms with van der Waals surface area (Å²) in [6, 6.07) is 26.4. The molecule has 0 radical (unpaired) electrons. The first-order chi connectivity index (χ1) is 15.3. The van der Waals surface area contributed by atoms with Crippen molar-refractivity contribution >= 4 is 28.2 Å². The van der Waals surface area contributed by atoms with Crippen molar-refractivity contribution < 1.29 is 9.47 Å². The highest BCUT2D eigenvalue weighted by Crippen LogP contribution is 2.35. The van der Waals surface area contributed by atoms with Gasteiger partial charge in [0.05, 0.1) is 11.4 Å². The van der Waals surface area contributed by atoms with Gasteiger partial charge in [-0.05, 0) is 48.5 Å². The number of hydrogen-bond acceptors (Lipinski definition) is 6. The highest BCUT2D eigenvalue weighted by molar-refractivity contribution is 5.95. The monoisotopic (exact) mass is 409 g/mol. The predicted molar refractivity (Wildman–Crippen MR) is 121 cm³/mol. The van der Waals surface area contributed by atoms with Crippen LogP contribution in [0.15, 0.2) is 91.1 Å². The van der Waals surface area contributed by atoms with Crippen LogP contribution in [0.2, 0.25) is 0 Å². The molecule has 5 aromatic rings. The number of nitrogen functional groups attached to an aromatic ring is 1. The minimum absolute atomic E-state index is 0.583. The molecule has 0 saturated heterocycles.